The Morgan fingerprint density at radius 3 is 2.31 bits per heavy atom. The lowest BCUT2D eigenvalue weighted by molar-refractivity contribution is -0.123. The topological polar surface area (TPSA) is 84.5 Å². The first kappa shape index (κ1) is 20.5. The largest absolute Gasteiger partial charge is 0.483 e. The number of hydrazine groups is 1. The Hall–Kier alpha value is -3.23. The predicted molar refractivity (Wildman–Crippen MR) is 106 cm³/mol. The fraction of sp³-hybridized carbons (Fsp3) is 0.0952. The third-order valence-corrected chi connectivity index (χ3v) is 5.30. The lowest BCUT2D eigenvalue weighted by Crippen LogP contribution is -2.44. The lowest BCUT2D eigenvalue weighted by atomic mass is 10.0. The van der Waals surface area contributed by atoms with Gasteiger partial charge in [-0.3, -0.25) is 10.2 Å². The van der Waals surface area contributed by atoms with Crippen LogP contribution in [0.15, 0.2) is 83.8 Å². The number of hydrogen-bond donors (Lipinski definition) is 2. The second-order valence-electron chi connectivity index (χ2n) is 6.14. The minimum absolute atomic E-state index is 0.411. The van der Waals surface area contributed by atoms with E-state index in [2.05, 4.69) is 0 Å². The zero-order chi connectivity index (χ0) is 20.7. The number of ether oxygens (including phenoxy) is 1. The van der Waals surface area contributed by atoms with E-state index >= 15 is 0 Å². The minimum atomic E-state index is -4.23. The van der Waals surface area contributed by atoms with Crippen molar-refractivity contribution in [2.75, 3.05) is 6.61 Å². The van der Waals surface area contributed by atoms with Crippen LogP contribution in [-0.4, -0.2) is 20.9 Å². The van der Waals surface area contributed by atoms with Crippen molar-refractivity contribution >= 4 is 15.9 Å². The summed E-state index contributed by atoms with van der Waals surface area (Å²) in [5.74, 6) is -1.12. The van der Waals surface area contributed by atoms with Crippen LogP contribution in [0.5, 0.6) is 5.75 Å². The van der Waals surface area contributed by atoms with Gasteiger partial charge in [0.2, 0.25) is 0 Å². The first-order valence-electron chi connectivity index (χ1n) is 8.75. The van der Waals surface area contributed by atoms with Crippen molar-refractivity contribution in [3.8, 4) is 5.75 Å². The van der Waals surface area contributed by atoms with Crippen molar-refractivity contribution in [2.45, 2.75) is 11.3 Å². The molecule has 3 aromatic carbocycles. The average Bonchev–Trinajstić information content (AvgIpc) is 2.73. The summed E-state index contributed by atoms with van der Waals surface area (Å²) in [5, 5.41) is 0. The van der Waals surface area contributed by atoms with Gasteiger partial charge in [-0.1, -0.05) is 60.7 Å². The molecule has 29 heavy (non-hydrogen) atoms. The Bertz CT molecular complexity index is 1090. The van der Waals surface area contributed by atoms with Gasteiger partial charge in [0.15, 0.2) is 6.61 Å². The number of amides is 1. The Labute approximate surface area is 168 Å². The molecule has 0 aliphatic heterocycles. The Balaban J connectivity index is 1.58. The number of benzene rings is 3. The molecule has 0 aliphatic rings. The highest BCUT2D eigenvalue weighted by atomic mass is 32.2. The number of para-hydroxylation sites is 1. The molecule has 150 valence electrons. The third kappa shape index (κ3) is 5.63. The molecule has 3 aromatic rings. The number of nitrogens with one attached hydrogen (secondary N) is 2. The van der Waals surface area contributed by atoms with Crippen molar-refractivity contribution in [1.29, 1.82) is 0 Å². The van der Waals surface area contributed by atoms with E-state index in [1.165, 1.54) is 12.1 Å². The number of carbonyl (C=O) groups is 1. The molecule has 0 radical (unpaired) electrons. The summed E-state index contributed by atoms with van der Waals surface area (Å²) < 4.78 is 43.4. The predicted octanol–water partition coefficient (Wildman–Crippen LogP) is 2.81. The van der Waals surface area contributed by atoms with Crippen molar-refractivity contribution in [3.05, 3.63) is 95.8 Å². The summed E-state index contributed by atoms with van der Waals surface area (Å²) in [5.41, 5.74) is 4.00. The summed E-state index contributed by atoms with van der Waals surface area (Å²) in [6.07, 6.45) is 0.624. The monoisotopic (exact) mass is 414 g/mol. The van der Waals surface area contributed by atoms with Crippen LogP contribution in [0.4, 0.5) is 4.39 Å². The summed E-state index contributed by atoms with van der Waals surface area (Å²) in [7, 11) is -4.23. The van der Waals surface area contributed by atoms with Crippen LogP contribution in [0.3, 0.4) is 0 Å². The van der Waals surface area contributed by atoms with E-state index in [-0.39, 0.29) is 0 Å². The van der Waals surface area contributed by atoms with Crippen LogP contribution in [0.2, 0.25) is 0 Å². The first-order valence-corrected chi connectivity index (χ1v) is 10.2. The maximum Gasteiger partial charge on any atom is 0.272 e. The maximum atomic E-state index is 13.6. The SMILES string of the molecule is O=C(COc1ccccc1Cc1ccccc1)NNS(=O)(=O)c1ccccc1F. The molecule has 0 heterocycles. The van der Waals surface area contributed by atoms with Gasteiger partial charge in [-0.25, -0.2) is 12.8 Å². The van der Waals surface area contributed by atoms with Gasteiger partial charge in [-0.05, 0) is 29.3 Å². The number of halogens is 1. The van der Waals surface area contributed by atoms with Crippen molar-refractivity contribution in [3.63, 3.8) is 0 Å². The molecule has 6 nitrogen and oxygen atoms in total. The zero-order valence-corrected chi connectivity index (χ0v) is 16.2. The van der Waals surface area contributed by atoms with E-state index in [0.717, 1.165) is 23.3 Å². The number of hydrogen-bond acceptors (Lipinski definition) is 4. The molecule has 0 bridgehead atoms. The second-order valence-corrected chi connectivity index (χ2v) is 7.79. The number of rotatable bonds is 8. The van der Waals surface area contributed by atoms with Gasteiger partial charge >= 0.3 is 0 Å². The van der Waals surface area contributed by atoms with Gasteiger partial charge < -0.3 is 4.74 Å². The summed E-state index contributed by atoms with van der Waals surface area (Å²) in [4.78, 5) is 13.3. The zero-order valence-electron chi connectivity index (χ0n) is 15.3. The third-order valence-electron chi connectivity index (χ3n) is 4.02. The fourth-order valence-corrected chi connectivity index (χ4v) is 3.57. The maximum absolute atomic E-state index is 13.6. The molecule has 0 atom stereocenters. The van der Waals surface area contributed by atoms with Crippen LogP contribution in [-0.2, 0) is 21.2 Å². The molecule has 0 fully saturated rings. The molecule has 0 aliphatic carbocycles. The molecule has 0 saturated carbocycles. The second kappa shape index (κ2) is 9.31. The highest BCUT2D eigenvalue weighted by Gasteiger charge is 2.19. The molecular weight excluding hydrogens is 395 g/mol. The molecule has 2 N–H and O–H groups in total. The number of sulfonamides is 1. The smallest absolute Gasteiger partial charge is 0.272 e. The summed E-state index contributed by atoms with van der Waals surface area (Å²) >= 11 is 0. The Morgan fingerprint density at radius 1 is 0.897 bits per heavy atom. The van der Waals surface area contributed by atoms with Gasteiger partial charge in [0.1, 0.15) is 16.5 Å². The van der Waals surface area contributed by atoms with Crippen molar-refractivity contribution in [1.82, 2.24) is 10.3 Å². The van der Waals surface area contributed by atoms with Gasteiger partial charge in [-0.2, -0.15) is 0 Å². The standard InChI is InChI=1S/C21H19FN2O4S/c22-18-11-5-7-13-20(18)29(26,27)24-23-21(25)15-28-19-12-6-4-10-17(19)14-16-8-2-1-3-9-16/h1-13,24H,14-15H2,(H,23,25). The van der Waals surface area contributed by atoms with Crippen molar-refractivity contribution < 1.29 is 22.3 Å². The van der Waals surface area contributed by atoms with Crippen LogP contribution in [0.1, 0.15) is 11.1 Å². The normalized spacial score (nSPS) is 11.1. The molecule has 8 heteroatoms. The minimum Gasteiger partial charge on any atom is -0.483 e. The fourth-order valence-electron chi connectivity index (χ4n) is 2.63. The van der Waals surface area contributed by atoms with Crippen LogP contribution < -0.4 is 15.0 Å². The van der Waals surface area contributed by atoms with Crippen LogP contribution in [0, 0.1) is 5.82 Å². The molecule has 0 saturated heterocycles. The summed E-state index contributed by atoms with van der Waals surface area (Å²) in [6, 6.07) is 21.9. The van der Waals surface area contributed by atoms with Crippen molar-refractivity contribution in [2.24, 2.45) is 0 Å². The lowest BCUT2D eigenvalue weighted by Gasteiger charge is -2.12. The molecule has 0 spiro atoms. The molecule has 0 aromatic heterocycles. The molecule has 3 rings (SSSR count). The van der Waals surface area contributed by atoms with Gasteiger partial charge in [0.25, 0.3) is 15.9 Å². The Morgan fingerprint density at radius 2 is 1.55 bits per heavy atom. The van der Waals surface area contributed by atoms with Crippen LogP contribution >= 0.6 is 0 Å². The average molecular weight is 414 g/mol. The Kier molecular flexibility index (Phi) is 6.58. The van der Waals surface area contributed by atoms with E-state index in [9.17, 15) is 17.6 Å². The van der Waals surface area contributed by atoms with E-state index < -0.39 is 33.3 Å². The van der Waals surface area contributed by atoms with Gasteiger partial charge in [0, 0.05) is 6.42 Å². The first-order chi connectivity index (χ1) is 14.0. The molecule has 1 amide bonds. The quantitative estimate of drug-likeness (QED) is 0.555. The van der Waals surface area contributed by atoms with Crippen LogP contribution in [0.25, 0.3) is 0 Å². The highest BCUT2D eigenvalue weighted by molar-refractivity contribution is 7.89. The highest BCUT2D eigenvalue weighted by Crippen LogP contribution is 2.21. The van der Waals surface area contributed by atoms with E-state index in [0.29, 0.717) is 12.2 Å². The van der Waals surface area contributed by atoms with Gasteiger partial charge in [-0.15, -0.1) is 4.83 Å². The number of carbonyl (C=O) groups excluding carboxylic acids is 1. The summed E-state index contributed by atoms with van der Waals surface area (Å²) in [6.45, 7) is -0.411. The van der Waals surface area contributed by atoms with E-state index in [1.807, 2.05) is 52.7 Å². The van der Waals surface area contributed by atoms with E-state index in [4.69, 9.17) is 4.74 Å². The van der Waals surface area contributed by atoms with Gasteiger partial charge in [0.05, 0.1) is 0 Å². The van der Waals surface area contributed by atoms with E-state index in [1.54, 1.807) is 12.1 Å². The molecule has 0 unspecified atom stereocenters. The molecular formula is C21H19FN2O4S.